The van der Waals surface area contributed by atoms with Crippen LogP contribution < -0.4 is 0 Å². The molecular weight excluding hydrogens is 340 g/mol. The molecule has 0 aliphatic carbocycles. The fourth-order valence-corrected chi connectivity index (χ4v) is 3.72. The van der Waals surface area contributed by atoms with Crippen molar-refractivity contribution in [3.8, 4) is 0 Å². The lowest BCUT2D eigenvalue weighted by atomic mass is 9.97. The summed E-state index contributed by atoms with van der Waals surface area (Å²) in [5.41, 5.74) is 1.17. The molecule has 0 bridgehead atoms. The highest BCUT2D eigenvalue weighted by Crippen LogP contribution is 2.26. The van der Waals surface area contributed by atoms with Crippen LogP contribution in [0.4, 0.5) is 0 Å². The molecule has 142 valence electrons. The molecule has 0 saturated carbocycles. The molecule has 0 radical (unpaired) electrons. The highest BCUT2D eigenvalue weighted by atomic mass is 15.3. The molecule has 1 saturated heterocycles. The Morgan fingerprint density at radius 2 is 2.00 bits per heavy atom. The number of aryl methyl sites for hydroxylation is 1. The van der Waals surface area contributed by atoms with Crippen molar-refractivity contribution in [2.24, 2.45) is 7.05 Å². The molecule has 0 amide bonds. The average Bonchev–Trinajstić information content (AvgIpc) is 3.33. The minimum atomic E-state index is 0.401. The summed E-state index contributed by atoms with van der Waals surface area (Å²) in [7, 11) is 2.06. The lowest BCUT2D eigenvalue weighted by Gasteiger charge is -2.32. The van der Waals surface area contributed by atoms with Crippen LogP contribution in [0.25, 0.3) is 0 Å². The molecule has 0 spiro atoms. The maximum Gasteiger partial charge on any atom is 0.154 e. The van der Waals surface area contributed by atoms with E-state index in [4.69, 9.17) is 0 Å². The molecule has 3 aromatic heterocycles. The summed E-state index contributed by atoms with van der Waals surface area (Å²) in [6, 6.07) is 1.92. The topological polar surface area (TPSA) is 77.5 Å². The minimum Gasteiger partial charge on any atom is -0.316 e. The normalized spacial score (nSPS) is 18.1. The third-order valence-corrected chi connectivity index (χ3v) is 5.21. The zero-order valence-corrected chi connectivity index (χ0v) is 16.0. The maximum atomic E-state index is 4.50. The van der Waals surface area contributed by atoms with Crippen molar-refractivity contribution in [2.45, 2.75) is 45.2 Å². The number of hydrogen-bond acceptors (Lipinski definition) is 6. The fraction of sp³-hybridized carbons (Fsp3) is 0.526. The molecule has 8 nitrogen and oxygen atoms in total. The number of rotatable bonds is 6. The molecule has 1 fully saturated rings. The van der Waals surface area contributed by atoms with Crippen molar-refractivity contribution >= 4 is 0 Å². The van der Waals surface area contributed by atoms with Gasteiger partial charge in [-0.3, -0.25) is 9.58 Å². The van der Waals surface area contributed by atoms with Gasteiger partial charge in [0.2, 0.25) is 0 Å². The monoisotopic (exact) mass is 366 g/mol. The summed E-state index contributed by atoms with van der Waals surface area (Å²) in [6.45, 7) is 5.70. The lowest BCUT2D eigenvalue weighted by Crippen LogP contribution is -2.35. The van der Waals surface area contributed by atoms with Crippen LogP contribution in [0.5, 0.6) is 0 Å². The van der Waals surface area contributed by atoms with Crippen molar-refractivity contribution < 1.29 is 0 Å². The summed E-state index contributed by atoms with van der Waals surface area (Å²) in [4.78, 5) is 11.3. The Labute approximate surface area is 159 Å². The van der Waals surface area contributed by atoms with Crippen LogP contribution in [-0.4, -0.2) is 52.5 Å². The minimum absolute atomic E-state index is 0.401. The second kappa shape index (κ2) is 7.96. The zero-order chi connectivity index (χ0) is 18.6. The Balaban J connectivity index is 1.42. The number of nitrogens with zero attached hydrogens (tertiary/aromatic N) is 8. The average molecular weight is 366 g/mol. The van der Waals surface area contributed by atoms with E-state index in [-0.39, 0.29) is 0 Å². The first-order chi connectivity index (χ1) is 13.2. The Bertz CT molecular complexity index is 852. The third kappa shape index (κ3) is 4.05. The summed E-state index contributed by atoms with van der Waals surface area (Å²) in [6.07, 6.45) is 10.8. The molecule has 27 heavy (non-hydrogen) atoms. The van der Waals surface area contributed by atoms with Crippen LogP contribution >= 0.6 is 0 Å². The van der Waals surface area contributed by atoms with E-state index in [1.54, 1.807) is 6.20 Å². The second-order valence-corrected chi connectivity index (χ2v) is 7.17. The Morgan fingerprint density at radius 3 is 2.74 bits per heavy atom. The van der Waals surface area contributed by atoms with E-state index in [0.717, 1.165) is 49.9 Å². The second-order valence-electron chi connectivity index (χ2n) is 7.17. The van der Waals surface area contributed by atoms with Crippen LogP contribution in [0.15, 0.2) is 30.9 Å². The first kappa shape index (κ1) is 17.8. The van der Waals surface area contributed by atoms with Gasteiger partial charge in [-0.1, -0.05) is 6.92 Å². The summed E-state index contributed by atoms with van der Waals surface area (Å²) >= 11 is 0. The summed E-state index contributed by atoms with van der Waals surface area (Å²) in [5, 5.41) is 13.2. The van der Waals surface area contributed by atoms with E-state index in [1.807, 2.05) is 29.3 Å². The Kier molecular flexibility index (Phi) is 5.24. The van der Waals surface area contributed by atoms with E-state index in [9.17, 15) is 0 Å². The number of piperidine rings is 1. The van der Waals surface area contributed by atoms with E-state index in [0.29, 0.717) is 12.5 Å². The summed E-state index contributed by atoms with van der Waals surface area (Å²) in [5.74, 6) is 3.31. The van der Waals surface area contributed by atoms with Crippen LogP contribution in [0.3, 0.4) is 0 Å². The van der Waals surface area contributed by atoms with Gasteiger partial charge in [-0.05, 0) is 25.5 Å². The first-order valence-corrected chi connectivity index (χ1v) is 9.60. The van der Waals surface area contributed by atoms with E-state index >= 15 is 0 Å². The lowest BCUT2D eigenvalue weighted by molar-refractivity contribution is 0.194. The SMILES string of the molecule is CCc1ncc(CN2CCC[C@@H](c3nnc(Cn4cccn4)n3C)C2)cn1. The third-order valence-electron chi connectivity index (χ3n) is 5.21. The van der Waals surface area contributed by atoms with E-state index in [2.05, 4.69) is 48.7 Å². The highest BCUT2D eigenvalue weighted by Gasteiger charge is 2.26. The maximum absolute atomic E-state index is 4.50. The van der Waals surface area contributed by atoms with Crippen LogP contribution in [0.2, 0.25) is 0 Å². The molecule has 1 aliphatic heterocycles. The molecule has 4 heterocycles. The van der Waals surface area contributed by atoms with Gasteiger partial charge in [0.25, 0.3) is 0 Å². The molecule has 0 unspecified atom stereocenters. The predicted molar refractivity (Wildman–Crippen MR) is 101 cm³/mol. The van der Waals surface area contributed by atoms with Gasteiger partial charge < -0.3 is 4.57 Å². The van der Waals surface area contributed by atoms with Gasteiger partial charge in [-0.2, -0.15) is 5.10 Å². The predicted octanol–water partition coefficient (Wildman–Crippen LogP) is 1.79. The van der Waals surface area contributed by atoms with Crippen molar-refractivity contribution in [2.75, 3.05) is 13.1 Å². The van der Waals surface area contributed by atoms with Gasteiger partial charge in [0.15, 0.2) is 5.82 Å². The number of aromatic nitrogens is 7. The molecule has 0 N–H and O–H groups in total. The molecule has 1 aliphatic rings. The first-order valence-electron chi connectivity index (χ1n) is 9.60. The van der Waals surface area contributed by atoms with Crippen molar-refractivity contribution in [1.29, 1.82) is 0 Å². The highest BCUT2D eigenvalue weighted by molar-refractivity contribution is 5.08. The van der Waals surface area contributed by atoms with Crippen molar-refractivity contribution in [1.82, 2.24) is 39.4 Å². The summed E-state index contributed by atoms with van der Waals surface area (Å²) < 4.78 is 4.01. The van der Waals surface area contributed by atoms with Gasteiger partial charge in [0, 0.05) is 62.8 Å². The molecular formula is C19H26N8. The van der Waals surface area contributed by atoms with Gasteiger partial charge in [0.05, 0.1) is 0 Å². The van der Waals surface area contributed by atoms with Crippen molar-refractivity contribution in [3.63, 3.8) is 0 Å². The smallest absolute Gasteiger partial charge is 0.154 e. The van der Waals surface area contributed by atoms with Gasteiger partial charge in [-0.15, -0.1) is 10.2 Å². The largest absolute Gasteiger partial charge is 0.316 e. The van der Waals surface area contributed by atoms with Crippen molar-refractivity contribution in [3.05, 3.63) is 53.9 Å². The molecule has 4 rings (SSSR count). The standard InChI is InChI=1S/C19H26N8/c1-3-17-20-10-15(11-21-17)12-26-8-4-6-16(13-26)19-24-23-18(25(19)2)14-27-9-5-7-22-27/h5,7,9-11,16H,3-4,6,8,12-14H2,1-2H3/t16-/m1/s1. The van der Waals surface area contributed by atoms with Gasteiger partial charge in [-0.25, -0.2) is 9.97 Å². The number of hydrogen-bond donors (Lipinski definition) is 0. The van der Waals surface area contributed by atoms with Gasteiger partial charge >= 0.3 is 0 Å². The Morgan fingerprint density at radius 1 is 1.15 bits per heavy atom. The quantitative estimate of drug-likeness (QED) is 0.662. The van der Waals surface area contributed by atoms with Crippen LogP contribution in [-0.2, 0) is 26.6 Å². The van der Waals surface area contributed by atoms with E-state index < -0.39 is 0 Å². The molecule has 1 atom stereocenters. The zero-order valence-electron chi connectivity index (χ0n) is 16.0. The molecule has 0 aromatic carbocycles. The van der Waals surface area contributed by atoms with Gasteiger partial charge in [0.1, 0.15) is 18.2 Å². The molecule has 3 aromatic rings. The fourth-order valence-electron chi connectivity index (χ4n) is 3.72. The Hall–Kier alpha value is -2.61. The number of likely N-dealkylation sites (tertiary alicyclic amines) is 1. The van der Waals surface area contributed by atoms with Crippen LogP contribution in [0, 0.1) is 0 Å². The molecule has 8 heteroatoms. The van der Waals surface area contributed by atoms with E-state index in [1.165, 1.54) is 12.0 Å². The van der Waals surface area contributed by atoms with Crippen LogP contribution in [0.1, 0.15) is 48.7 Å².